The van der Waals surface area contributed by atoms with Crippen molar-refractivity contribution in [2.24, 2.45) is 5.41 Å². The molecule has 6 nitrogen and oxygen atoms in total. The largest absolute Gasteiger partial charge is 0.356 e. The van der Waals surface area contributed by atoms with Gasteiger partial charge in [0.2, 0.25) is 11.8 Å². The van der Waals surface area contributed by atoms with E-state index in [0.29, 0.717) is 13.0 Å². The molecule has 1 atom stereocenters. The SMILES string of the molecule is CC(=O)NCCC(=O)N[C@H](Cc1cnc[nH]1)C(C)(C)C. The quantitative estimate of drug-likeness (QED) is 0.727. The minimum atomic E-state index is -0.123. The Labute approximate surface area is 119 Å². The first-order chi connectivity index (χ1) is 9.29. The molecule has 1 heterocycles. The molecular formula is C14H24N4O2. The maximum atomic E-state index is 11.9. The Morgan fingerprint density at radius 1 is 1.40 bits per heavy atom. The number of carbonyl (C=O) groups is 2. The van der Waals surface area contributed by atoms with Crippen LogP contribution in [0.1, 0.15) is 39.8 Å². The first kappa shape index (κ1) is 16.2. The standard InChI is InChI=1S/C14H24N4O2/c1-10(19)16-6-5-13(20)18-12(14(2,3)4)7-11-8-15-9-17-11/h8-9,12H,5-7H2,1-4H3,(H,15,17)(H,16,19)(H,18,20)/t12-/m1/s1. The molecule has 2 amide bonds. The van der Waals surface area contributed by atoms with Gasteiger partial charge in [0.05, 0.1) is 6.33 Å². The number of nitrogens with zero attached hydrogens (tertiary/aromatic N) is 1. The summed E-state index contributed by atoms with van der Waals surface area (Å²) < 4.78 is 0. The summed E-state index contributed by atoms with van der Waals surface area (Å²) in [6.07, 6.45) is 4.39. The first-order valence-electron chi connectivity index (χ1n) is 6.80. The molecule has 0 fully saturated rings. The van der Waals surface area contributed by atoms with Gasteiger partial charge in [-0.3, -0.25) is 9.59 Å². The zero-order valence-electron chi connectivity index (χ0n) is 12.6. The van der Waals surface area contributed by atoms with E-state index in [9.17, 15) is 9.59 Å². The molecule has 0 spiro atoms. The third-order valence-electron chi connectivity index (χ3n) is 3.09. The summed E-state index contributed by atoms with van der Waals surface area (Å²) in [5.41, 5.74) is 0.932. The minimum Gasteiger partial charge on any atom is -0.356 e. The van der Waals surface area contributed by atoms with Gasteiger partial charge >= 0.3 is 0 Å². The Morgan fingerprint density at radius 2 is 2.10 bits per heavy atom. The number of aromatic nitrogens is 2. The lowest BCUT2D eigenvalue weighted by Crippen LogP contribution is -2.46. The number of H-pyrrole nitrogens is 1. The van der Waals surface area contributed by atoms with E-state index < -0.39 is 0 Å². The molecule has 0 saturated carbocycles. The van der Waals surface area contributed by atoms with Gasteiger partial charge in [-0.1, -0.05) is 20.8 Å². The zero-order valence-corrected chi connectivity index (χ0v) is 12.6. The second kappa shape index (κ2) is 7.07. The van der Waals surface area contributed by atoms with Crippen LogP contribution in [0, 0.1) is 5.41 Å². The lowest BCUT2D eigenvalue weighted by Gasteiger charge is -2.31. The number of hydrogen-bond donors (Lipinski definition) is 3. The molecule has 1 aromatic heterocycles. The Morgan fingerprint density at radius 3 is 2.60 bits per heavy atom. The highest BCUT2D eigenvalue weighted by molar-refractivity contribution is 5.78. The van der Waals surface area contributed by atoms with Gasteiger partial charge in [-0.25, -0.2) is 4.98 Å². The van der Waals surface area contributed by atoms with E-state index in [1.165, 1.54) is 6.92 Å². The second-order valence-electron chi connectivity index (χ2n) is 6.00. The van der Waals surface area contributed by atoms with Gasteiger partial charge < -0.3 is 15.6 Å². The van der Waals surface area contributed by atoms with Gasteiger partial charge in [-0.15, -0.1) is 0 Å². The molecule has 0 aliphatic heterocycles. The third kappa shape index (κ3) is 5.86. The Balaban J connectivity index is 2.52. The summed E-state index contributed by atoms with van der Waals surface area (Å²) in [5.74, 6) is -0.180. The molecule has 112 valence electrons. The summed E-state index contributed by atoms with van der Waals surface area (Å²) in [6, 6.07) is 0.00720. The third-order valence-corrected chi connectivity index (χ3v) is 3.09. The highest BCUT2D eigenvalue weighted by atomic mass is 16.2. The molecule has 0 radical (unpaired) electrons. The van der Waals surface area contributed by atoms with Crippen molar-refractivity contribution in [3.05, 3.63) is 18.2 Å². The lowest BCUT2D eigenvalue weighted by molar-refractivity contribution is -0.122. The van der Waals surface area contributed by atoms with Crippen LogP contribution in [0.2, 0.25) is 0 Å². The summed E-state index contributed by atoms with van der Waals surface area (Å²) >= 11 is 0. The molecule has 3 N–H and O–H groups in total. The fraction of sp³-hybridized carbons (Fsp3) is 0.643. The Kier molecular flexibility index (Phi) is 5.73. The van der Waals surface area contributed by atoms with E-state index in [-0.39, 0.29) is 29.7 Å². The van der Waals surface area contributed by atoms with E-state index in [2.05, 4.69) is 41.4 Å². The fourth-order valence-corrected chi connectivity index (χ4v) is 1.81. The Bertz CT molecular complexity index is 435. The van der Waals surface area contributed by atoms with Crippen LogP contribution in [-0.4, -0.2) is 34.4 Å². The minimum absolute atomic E-state index is 0.00720. The Hall–Kier alpha value is -1.85. The molecule has 0 saturated heterocycles. The number of carbonyl (C=O) groups excluding carboxylic acids is 2. The van der Waals surface area contributed by atoms with Gasteiger partial charge in [0.15, 0.2) is 0 Å². The van der Waals surface area contributed by atoms with Crippen molar-refractivity contribution in [1.82, 2.24) is 20.6 Å². The smallest absolute Gasteiger partial charge is 0.222 e. The monoisotopic (exact) mass is 280 g/mol. The van der Waals surface area contributed by atoms with Crippen molar-refractivity contribution in [3.63, 3.8) is 0 Å². The summed E-state index contributed by atoms with van der Waals surface area (Å²) in [4.78, 5) is 29.7. The summed E-state index contributed by atoms with van der Waals surface area (Å²) in [5, 5.41) is 5.65. The number of amides is 2. The number of nitrogens with one attached hydrogen (secondary N) is 3. The topological polar surface area (TPSA) is 86.9 Å². The highest BCUT2D eigenvalue weighted by Crippen LogP contribution is 2.22. The molecule has 0 aliphatic carbocycles. The van der Waals surface area contributed by atoms with E-state index in [1.54, 1.807) is 12.5 Å². The molecule has 6 heteroatoms. The van der Waals surface area contributed by atoms with Gasteiger partial charge in [0, 0.05) is 44.2 Å². The predicted octanol–water partition coefficient (Wildman–Crippen LogP) is 1.01. The average Bonchev–Trinajstić information content (AvgIpc) is 2.79. The molecule has 0 bridgehead atoms. The van der Waals surface area contributed by atoms with E-state index in [0.717, 1.165) is 5.69 Å². The molecule has 0 unspecified atom stereocenters. The molecule has 1 aromatic rings. The van der Waals surface area contributed by atoms with Crippen molar-refractivity contribution in [1.29, 1.82) is 0 Å². The van der Waals surface area contributed by atoms with Crippen LogP contribution in [-0.2, 0) is 16.0 Å². The van der Waals surface area contributed by atoms with Gasteiger partial charge in [0.25, 0.3) is 0 Å². The number of imidazole rings is 1. The fourth-order valence-electron chi connectivity index (χ4n) is 1.81. The van der Waals surface area contributed by atoms with Crippen molar-refractivity contribution in [2.75, 3.05) is 6.54 Å². The van der Waals surface area contributed by atoms with Crippen LogP contribution in [0.3, 0.4) is 0 Å². The van der Waals surface area contributed by atoms with E-state index >= 15 is 0 Å². The van der Waals surface area contributed by atoms with Gasteiger partial charge in [-0.05, 0) is 5.41 Å². The zero-order chi connectivity index (χ0) is 15.2. The van der Waals surface area contributed by atoms with Crippen LogP contribution in [0.25, 0.3) is 0 Å². The normalized spacial score (nSPS) is 12.8. The predicted molar refractivity (Wildman–Crippen MR) is 77.0 cm³/mol. The summed E-state index contributed by atoms with van der Waals surface area (Å²) in [7, 11) is 0. The van der Waals surface area contributed by atoms with Gasteiger partial charge in [-0.2, -0.15) is 0 Å². The second-order valence-corrected chi connectivity index (χ2v) is 6.00. The van der Waals surface area contributed by atoms with E-state index in [1.807, 2.05) is 0 Å². The molecule has 20 heavy (non-hydrogen) atoms. The van der Waals surface area contributed by atoms with Crippen molar-refractivity contribution in [2.45, 2.75) is 46.6 Å². The van der Waals surface area contributed by atoms with Gasteiger partial charge in [0.1, 0.15) is 0 Å². The van der Waals surface area contributed by atoms with Crippen molar-refractivity contribution in [3.8, 4) is 0 Å². The summed E-state index contributed by atoms with van der Waals surface area (Å²) in [6.45, 7) is 8.06. The van der Waals surface area contributed by atoms with Crippen LogP contribution in [0.4, 0.5) is 0 Å². The maximum Gasteiger partial charge on any atom is 0.222 e. The number of rotatable bonds is 6. The van der Waals surface area contributed by atoms with Crippen molar-refractivity contribution >= 4 is 11.8 Å². The van der Waals surface area contributed by atoms with E-state index in [4.69, 9.17) is 0 Å². The van der Waals surface area contributed by atoms with Crippen LogP contribution < -0.4 is 10.6 Å². The number of hydrogen-bond acceptors (Lipinski definition) is 3. The van der Waals surface area contributed by atoms with Crippen LogP contribution in [0.15, 0.2) is 12.5 Å². The average molecular weight is 280 g/mol. The highest BCUT2D eigenvalue weighted by Gasteiger charge is 2.26. The molecule has 1 rings (SSSR count). The first-order valence-corrected chi connectivity index (χ1v) is 6.80. The lowest BCUT2D eigenvalue weighted by atomic mass is 9.84. The molecular weight excluding hydrogens is 256 g/mol. The number of aromatic amines is 1. The van der Waals surface area contributed by atoms with Crippen LogP contribution >= 0.6 is 0 Å². The molecule has 0 aromatic carbocycles. The molecule has 0 aliphatic rings. The van der Waals surface area contributed by atoms with Crippen molar-refractivity contribution < 1.29 is 9.59 Å². The van der Waals surface area contributed by atoms with Crippen LogP contribution in [0.5, 0.6) is 0 Å². The maximum absolute atomic E-state index is 11.9.